The van der Waals surface area contributed by atoms with E-state index in [4.69, 9.17) is 23.2 Å². The third kappa shape index (κ3) is 4.20. The van der Waals surface area contributed by atoms with E-state index >= 15 is 0 Å². The van der Waals surface area contributed by atoms with E-state index in [0.717, 1.165) is 5.56 Å². The molecule has 0 saturated carbocycles. The zero-order chi connectivity index (χ0) is 14.5. The molecule has 0 heterocycles. The van der Waals surface area contributed by atoms with Crippen molar-refractivity contribution >= 4 is 23.2 Å². The standard InChI is InChI=1S/C16H15Cl2FO/c17-14-4-1-11(2-5-14)7-12(10-20)8-13-3-6-15(18)9-16(13)19/h1-6,9,12,20H,7-8,10H2. The predicted molar refractivity (Wildman–Crippen MR) is 80.8 cm³/mol. The van der Waals surface area contributed by atoms with E-state index < -0.39 is 0 Å². The Kier molecular flexibility index (Phi) is 5.41. The van der Waals surface area contributed by atoms with Crippen LogP contribution in [0.4, 0.5) is 4.39 Å². The lowest BCUT2D eigenvalue weighted by Gasteiger charge is -2.15. The second-order valence-corrected chi connectivity index (χ2v) is 5.69. The Labute approximate surface area is 128 Å². The van der Waals surface area contributed by atoms with Crippen molar-refractivity contribution in [2.75, 3.05) is 6.61 Å². The number of aliphatic hydroxyl groups is 1. The lowest BCUT2D eigenvalue weighted by atomic mass is 9.93. The van der Waals surface area contributed by atoms with Crippen LogP contribution in [0.3, 0.4) is 0 Å². The van der Waals surface area contributed by atoms with Crippen molar-refractivity contribution in [3.05, 3.63) is 69.5 Å². The van der Waals surface area contributed by atoms with Gasteiger partial charge < -0.3 is 5.11 Å². The highest BCUT2D eigenvalue weighted by Gasteiger charge is 2.13. The highest BCUT2D eigenvalue weighted by molar-refractivity contribution is 6.30. The maximum Gasteiger partial charge on any atom is 0.127 e. The maximum absolute atomic E-state index is 13.8. The second-order valence-electron chi connectivity index (χ2n) is 4.82. The van der Waals surface area contributed by atoms with Gasteiger partial charge >= 0.3 is 0 Å². The van der Waals surface area contributed by atoms with Gasteiger partial charge in [-0.15, -0.1) is 0 Å². The molecule has 0 saturated heterocycles. The molecule has 0 bridgehead atoms. The molecule has 106 valence electrons. The molecule has 2 aromatic rings. The Bertz CT molecular complexity index is 569. The molecule has 4 heteroatoms. The van der Waals surface area contributed by atoms with Gasteiger partial charge in [0.15, 0.2) is 0 Å². The van der Waals surface area contributed by atoms with Gasteiger partial charge in [-0.2, -0.15) is 0 Å². The summed E-state index contributed by atoms with van der Waals surface area (Å²) in [6.07, 6.45) is 1.15. The van der Waals surface area contributed by atoms with E-state index in [1.54, 1.807) is 12.1 Å². The molecule has 0 aliphatic rings. The van der Waals surface area contributed by atoms with E-state index in [2.05, 4.69) is 0 Å². The molecule has 0 fully saturated rings. The lowest BCUT2D eigenvalue weighted by Crippen LogP contribution is -2.13. The van der Waals surface area contributed by atoms with Crippen LogP contribution in [0.15, 0.2) is 42.5 Å². The van der Waals surface area contributed by atoms with Gasteiger partial charge in [0.2, 0.25) is 0 Å². The van der Waals surface area contributed by atoms with Crippen LogP contribution in [0.2, 0.25) is 10.0 Å². The normalized spacial score (nSPS) is 12.4. The van der Waals surface area contributed by atoms with Gasteiger partial charge in [-0.05, 0) is 54.2 Å². The first-order valence-corrected chi connectivity index (χ1v) is 7.13. The van der Waals surface area contributed by atoms with Gasteiger partial charge in [-0.1, -0.05) is 41.4 Å². The van der Waals surface area contributed by atoms with Crippen LogP contribution < -0.4 is 0 Å². The topological polar surface area (TPSA) is 20.2 Å². The molecule has 20 heavy (non-hydrogen) atoms. The van der Waals surface area contributed by atoms with Crippen LogP contribution >= 0.6 is 23.2 Å². The van der Waals surface area contributed by atoms with Crippen molar-refractivity contribution in [3.8, 4) is 0 Å². The molecule has 2 aromatic carbocycles. The fraction of sp³-hybridized carbons (Fsp3) is 0.250. The molecule has 1 atom stereocenters. The molecule has 2 rings (SSSR count). The number of rotatable bonds is 5. The van der Waals surface area contributed by atoms with Crippen LogP contribution in [-0.4, -0.2) is 11.7 Å². The van der Waals surface area contributed by atoms with Gasteiger partial charge in [0.25, 0.3) is 0 Å². The Hall–Kier alpha value is -1.09. The minimum atomic E-state index is -0.327. The molecule has 0 amide bonds. The maximum atomic E-state index is 13.8. The molecule has 0 aromatic heterocycles. The van der Waals surface area contributed by atoms with E-state index in [1.165, 1.54) is 6.07 Å². The van der Waals surface area contributed by atoms with Gasteiger partial charge in [0.05, 0.1) is 0 Å². The minimum absolute atomic E-state index is 0.00466. The average molecular weight is 313 g/mol. The fourth-order valence-electron chi connectivity index (χ4n) is 2.15. The van der Waals surface area contributed by atoms with E-state index in [-0.39, 0.29) is 18.3 Å². The van der Waals surface area contributed by atoms with Gasteiger partial charge in [0.1, 0.15) is 5.82 Å². The summed E-state index contributed by atoms with van der Waals surface area (Å²) in [6.45, 7) is 0.00466. The van der Waals surface area contributed by atoms with Crippen LogP contribution in [-0.2, 0) is 12.8 Å². The molecule has 0 radical (unpaired) electrons. The third-order valence-corrected chi connectivity index (χ3v) is 3.71. The number of benzene rings is 2. The summed E-state index contributed by atoms with van der Waals surface area (Å²) in [6, 6.07) is 12.1. The fourth-order valence-corrected chi connectivity index (χ4v) is 2.44. The second kappa shape index (κ2) is 7.07. The zero-order valence-electron chi connectivity index (χ0n) is 10.8. The average Bonchev–Trinajstić information content (AvgIpc) is 2.43. The Morgan fingerprint density at radius 1 is 0.950 bits per heavy atom. The number of hydrogen-bond donors (Lipinski definition) is 1. The SMILES string of the molecule is OCC(Cc1ccc(Cl)cc1)Cc1ccc(Cl)cc1F. The van der Waals surface area contributed by atoms with Crippen molar-refractivity contribution in [2.45, 2.75) is 12.8 Å². The molecular weight excluding hydrogens is 298 g/mol. The Balaban J connectivity index is 2.07. The number of halogens is 3. The molecular formula is C16H15Cl2FO. The predicted octanol–water partition coefficient (Wildman–Crippen LogP) is 4.53. The Morgan fingerprint density at radius 3 is 2.20 bits per heavy atom. The zero-order valence-corrected chi connectivity index (χ0v) is 12.3. The number of hydrogen-bond acceptors (Lipinski definition) is 1. The van der Waals surface area contributed by atoms with Gasteiger partial charge in [0, 0.05) is 16.7 Å². The number of aliphatic hydroxyl groups excluding tert-OH is 1. The summed E-state index contributed by atoms with van der Waals surface area (Å²) >= 11 is 11.6. The summed E-state index contributed by atoms with van der Waals surface area (Å²) in [5.74, 6) is -0.362. The van der Waals surface area contributed by atoms with Crippen molar-refractivity contribution in [1.29, 1.82) is 0 Å². The molecule has 0 spiro atoms. The minimum Gasteiger partial charge on any atom is -0.396 e. The third-order valence-electron chi connectivity index (χ3n) is 3.22. The highest BCUT2D eigenvalue weighted by atomic mass is 35.5. The lowest BCUT2D eigenvalue weighted by molar-refractivity contribution is 0.224. The van der Waals surface area contributed by atoms with E-state index in [0.29, 0.717) is 28.5 Å². The first-order valence-electron chi connectivity index (χ1n) is 6.37. The van der Waals surface area contributed by atoms with E-state index in [9.17, 15) is 9.50 Å². The van der Waals surface area contributed by atoms with Crippen LogP contribution in [0.5, 0.6) is 0 Å². The first kappa shape index (κ1) is 15.3. The van der Waals surface area contributed by atoms with Crippen LogP contribution in [0.25, 0.3) is 0 Å². The largest absolute Gasteiger partial charge is 0.396 e. The van der Waals surface area contributed by atoms with Crippen LogP contribution in [0, 0.1) is 11.7 Å². The summed E-state index contributed by atoms with van der Waals surface area (Å²) in [7, 11) is 0. The molecule has 1 unspecified atom stereocenters. The Morgan fingerprint density at radius 2 is 1.60 bits per heavy atom. The summed E-state index contributed by atoms with van der Waals surface area (Å²) < 4.78 is 13.8. The van der Waals surface area contributed by atoms with E-state index in [1.807, 2.05) is 24.3 Å². The van der Waals surface area contributed by atoms with Crippen molar-refractivity contribution in [1.82, 2.24) is 0 Å². The molecule has 0 aliphatic heterocycles. The van der Waals surface area contributed by atoms with Crippen molar-refractivity contribution in [3.63, 3.8) is 0 Å². The smallest absolute Gasteiger partial charge is 0.127 e. The van der Waals surface area contributed by atoms with Gasteiger partial charge in [-0.3, -0.25) is 0 Å². The summed E-state index contributed by atoms with van der Waals surface area (Å²) in [5.41, 5.74) is 1.64. The van der Waals surface area contributed by atoms with Gasteiger partial charge in [-0.25, -0.2) is 4.39 Å². The van der Waals surface area contributed by atoms with Crippen molar-refractivity contribution in [2.24, 2.45) is 5.92 Å². The first-order chi connectivity index (χ1) is 9.58. The van der Waals surface area contributed by atoms with Crippen LogP contribution in [0.1, 0.15) is 11.1 Å². The molecule has 0 aliphatic carbocycles. The quantitative estimate of drug-likeness (QED) is 0.860. The molecule has 1 nitrogen and oxygen atoms in total. The van der Waals surface area contributed by atoms with Crippen molar-refractivity contribution < 1.29 is 9.50 Å². The summed E-state index contributed by atoms with van der Waals surface area (Å²) in [5, 5.41) is 10.5. The molecule has 1 N–H and O–H groups in total. The monoisotopic (exact) mass is 312 g/mol. The summed E-state index contributed by atoms with van der Waals surface area (Å²) in [4.78, 5) is 0. The highest BCUT2D eigenvalue weighted by Crippen LogP contribution is 2.20.